The summed E-state index contributed by atoms with van der Waals surface area (Å²) in [6.07, 6.45) is 3.93. The highest BCUT2D eigenvalue weighted by Gasteiger charge is 2.40. The third kappa shape index (κ3) is 6.80. The van der Waals surface area contributed by atoms with Gasteiger partial charge in [0.15, 0.2) is 0 Å². The van der Waals surface area contributed by atoms with Crippen molar-refractivity contribution in [3.05, 3.63) is 92.2 Å². The minimum atomic E-state index is -1.26. The van der Waals surface area contributed by atoms with E-state index in [4.69, 9.17) is 48.8 Å². The molecule has 3 heterocycles. The Hall–Kier alpha value is -3.83. The van der Waals surface area contributed by atoms with Crippen LogP contribution in [0.3, 0.4) is 0 Å². The van der Waals surface area contributed by atoms with Crippen LogP contribution in [-0.4, -0.2) is 53.4 Å². The summed E-state index contributed by atoms with van der Waals surface area (Å²) in [5, 5.41) is 19.8. The van der Waals surface area contributed by atoms with Gasteiger partial charge in [-0.15, -0.1) is 0 Å². The zero-order valence-corrected chi connectivity index (χ0v) is 27.2. The fourth-order valence-corrected chi connectivity index (χ4v) is 6.50. The Morgan fingerprint density at radius 3 is 2.61 bits per heavy atom. The fourth-order valence-electron chi connectivity index (χ4n) is 5.58. The zero-order chi connectivity index (χ0) is 32.4. The van der Waals surface area contributed by atoms with Gasteiger partial charge in [0.1, 0.15) is 41.8 Å². The molecular weight excluding hydrogens is 655 g/mol. The number of hydrogen-bond donors (Lipinski definition) is 2. The average Bonchev–Trinajstić information content (AvgIpc) is 3.68. The number of esters is 1. The van der Waals surface area contributed by atoms with E-state index in [1.807, 2.05) is 4.90 Å². The Bertz CT molecular complexity index is 1760. The number of aliphatic hydroxyl groups is 1. The first-order valence-electron chi connectivity index (χ1n) is 14.9. The summed E-state index contributed by atoms with van der Waals surface area (Å²) < 4.78 is 16.8. The molecule has 2 aromatic carbocycles. The number of pyridine rings is 1. The van der Waals surface area contributed by atoms with Gasteiger partial charge < -0.3 is 29.3 Å². The number of anilines is 1. The smallest absolute Gasteiger partial charge is 0.325 e. The van der Waals surface area contributed by atoms with Crippen molar-refractivity contribution in [3.8, 4) is 17.0 Å². The number of nitrogens with zero attached hydrogens (tertiary/aromatic N) is 3. The number of hydrogen-bond acceptors (Lipinski definition) is 9. The van der Waals surface area contributed by atoms with Crippen molar-refractivity contribution in [2.45, 2.75) is 44.3 Å². The predicted octanol–water partition coefficient (Wildman–Crippen LogP) is 6.54. The molecule has 1 saturated carbocycles. The molecule has 0 spiro atoms. The number of halogens is 3. The normalized spacial score (nSPS) is 17.6. The summed E-state index contributed by atoms with van der Waals surface area (Å²) in [5.74, 6) is 1.13. The molecular formula is C33H31Cl3N4O6. The molecule has 1 unspecified atom stereocenters. The van der Waals surface area contributed by atoms with Gasteiger partial charge in [-0.2, -0.15) is 0 Å². The lowest BCUT2D eigenvalue weighted by atomic mass is 9.93. The van der Waals surface area contributed by atoms with E-state index in [-0.39, 0.29) is 32.2 Å². The molecule has 0 radical (unpaired) electrons. The Morgan fingerprint density at radius 2 is 1.89 bits per heavy atom. The molecule has 1 aliphatic heterocycles. The fraction of sp³-hybridized carbons (Fsp3) is 0.333. The van der Waals surface area contributed by atoms with Crippen LogP contribution in [0.2, 0.25) is 15.1 Å². The van der Waals surface area contributed by atoms with Crippen LogP contribution < -0.4 is 15.0 Å². The molecule has 46 heavy (non-hydrogen) atoms. The summed E-state index contributed by atoms with van der Waals surface area (Å²) in [5.41, 5.74) is 1.56. The number of aromatic nitrogens is 2. The van der Waals surface area contributed by atoms with Gasteiger partial charge in [0, 0.05) is 35.3 Å². The first-order chi connectivity index (χ1) is 22.2. The highest BCUT2D eigenvalue weighted by Crippen LogP contribution is 2.46. The van der Waals surface area contributed by atoms with Crippen LogP contribution in [0.1, 0.15) is 59.3 Å². The summed E-state index contributed by atoms with van der Waals surface area (Å²) in [7, 11) is 0. The van der Waals surface area contributed by atoms with Crippen molar-refractivity contribution in [2.24, 2.45) is 0 Å². The maximum absolute atomic E-state index is 12.6. The van der Waals surface area contributed by atoms with Crippen LogP contribution in [0.25, 0.3) is 11.3 Å². The highest BCUT2D eigenvalue weighted by molar-refractivity contribution is 6.39. The Morgan fingerprint density at radius 1 is 1.11 bits per heavy atom. The third-order valence-corrected chi connectivity index (χ3v) is 9.01. The molecule has 1 aliphatic carbocycles. The van der Waals surface area contributed by atoms with Crippen molar-refractivity contribution < 1.29 is 28.7 Å². The second-order valence-electron chi connectivity index (χ2n) is 11.3. The molecule has 6 rings (SSSR count). The predicted molar refractivity (Wildman–Crippen MR) is 174 cm³/mol. The number of amides is 1. The molecule has 0 bridgehead atoms. The molecule has 2 fully saturated rings. The first-order valence-corrected chi connectivity index (χ1v) is 16.0. The van der Waals surface area contributed by atoms with Crippen LogP contribution in [0.4, 0.5) is 5.82 Å². The van der Waals surface area contributed by atoms with E-state index >= 15 is 0 Å². The van der Waals surface area contributed by atoms with Gasteiger partial charge in [-0.25, -0.2) is 4.98 Å². The standard InChI is InChI=1S/C33H31Cl3N4O6/c1-2-44-28(41)16-38-32(42)20-10-12-37-27(14-20)40-13-11-33(43,18-40)23-9-8-21(15-26(23)36)45-17-22-30(39-46-31(22)19-6-7-19)29-24(34)4-3-5-25(29)35/h3-5,8-10,12,14-15,19,43H,2,6-7,11,13,16-18H2,1H3,(H,38,42). The summed E-state index contributed by atoms with van der Waals surface area (Å²) in [6, 6.07) is 13.7. The molecule has 13 heteroatoms. The summed E-state index contributed by atoms with van der Waals surface area (Å²) in [4.78, 5) is 30.5. The van der Waals surface area contributed by atoms with Gasteiger partial charge in [0.2, 0.25) is 0 Å². The van der Waals surface area contributed by atoms with Gasteiger partial charge in [-0.1, -0.05) is 52.1 Å². The first kappa shape index (κ1) is 32.1. The summed E-state index contributed by atoms with van der Waals surface area (Å²) >= 11 is 19.7. The molecule has 1 atom stereocenters. The maximum Gasteiger partial charge on any atom is 0.325 e. The van der Waals surface area contributed by atoms with E-state index in [2.05, 4.69) is 15.5 Å². The number of nitrogens with one attached hydrogen (secondary N) is 1. The average molecular weight is 686 g/mol. The van der Waals surface area contributed by atoms with Crippen molar-refractivity contribution in [2.75, 3.05) is 31.1 Å². The van der Waals surface area contributed by atoms with E-state index in [0.717, 1.165) is 24.2 Å². The van der Waals surface area contributed by atoms with E-state index in [9.17, 15) is 14.7 Å². The van der Waals surface area contributed by atoms with Crippen LogP contribution in [-0.2, 0) is 21.7 Å². The topological polar surface area (TPSA) is 127 Å². The van der Waals surface area contributed by atoms with Gasteiger partial charge in [-0.05, 0) is 62.6 Å². The number of rotatable bonds is 11. The minimum Gasteiger partial charge on any atom is -0.489 e. The SMILES string of the molecule is CCOC(=O)CNC(=O)c1ccnc(N2CCC(O)(c3ccc(OCc4c(-c5c(Cl)cccc5Cl)noc4C4CC4)cc3Cl)C2)c1. The van der Waals surface area contributed by atoms with E-state index < -0.39 is 17.5 Å². The van der Waals surface area contributed by atoms with Crippen molar-refractivity contribution >= 4 is 52.5 Å². The molecule has 2 aromatic heterocycles. The molecule has 2 aliphatic rings. The number of carbonyl (C=O) groups excluding carboxylic acids is 2. The quantitative estimate of drug-likeness (QED) is 0.169. The second kappa shape index (κ2) is 13.5. The van der Waals surface area contributed by atoms with Crippen LogP contribution in [0.5, 0.6) is 5.75 Å². The Balaban J connectivity index is 1.14. The molecule has 1 amide bonds. The monoisotopic (exact) mass is 684 g/mol. The molecule has 1 saturated heterocycles. The number of β-amino-alcohol motifs (C(OH)–C–C–N with tert-alkyl or cyclic N) is 1. The van der Waals surface area contributed by atoms with E-state index in [1.54, 1.807) is 55.5 Å². The molecule has 2 N–H and O–H groups in total. The van der Waals surface area contributed by atoms with E-state index in [1.165, 1.54) is 6.20 Å². The molecule has 4 aromatic rings. The van der Waals surface area contributed by atoms with Crippen molar-refractivity contribution in [1.82, 2.24) is 15.5 Å². The third-order valence-electron chi connectivity index (χ3n) is 8.07. The number of ether oxygens (including phenoxy) is 2. The van der Waals surface area contributed by atoms with Crippen LogP contribution >= 0.6 is 34.8 Å². The molecule has 240 valence electrons. The van der Waals surface area contributed by atoms with Crippen molar-refractivity contribution in [3.63, 3.8) is 0 Å². The lowest BCUT2D eigenvalue weighted by Gasteiger charge is -2.26. The van der Waals surface area contributed by atoms with Crippen LogP contribution in [0.15, 0.2) is 59.3 Å². The van der Waals surface area contributed by atoms with Gasteiger partial charge in [0.25, 0.3) is 5.91 Å². The Labute approximate surface area is 280 Å². The second-order valence-corrected chi connectivity index (χ2v) is 12.5. The maximum atomic E-state index is 12.6. The van der Waals surface area contributed by atoms with Gasteiger partial charge in [-0.3, -0.25) is 9.59 Å². The lowest BCUT2D eigenvalue weighted by molar-refractivity contribution is -0.141. The van der Waals surface area contributed by atoms with Gasteiger partial charge >= 0.3 is 5.97 Å². The van der Waals surface area contributed by atoms with Crippen LogP contribution in [0, 0.1) is 0 Å². The minimum absolute atomic E-state index is 0.162. The highest BCUT2D eigenvalue weighted by atomic mass is 35.5. The van der Waals surface area contributed by atoms with Crippen molar-refractivity contribution in [1.29, 1.82) is 0 Å². The largest absolute Gasteiger partial charge is 0.489 e. The Kier molecular flexibility index (Phi) is 9.42. The number of benzene rings is 2. The summed E-state index contributed by atoms with van der Waals surface area (Å²) in [6.45, 7) is 2.55. The van der Waals surface area contributed by atoms with E-state index in [0.29, 0.717) is 62.0 Å². The lowest BCUT2D eigenvalue weighted by Crippen LogP contribution is -2.32. The molecule has 10 nitrogen and oxygen atoms in total. The van der Waals surface area contributed by atoms with Gasteiger partial charge in [0.05, 0.1) is 33.8 Å². The number of carbonyl (C=O) groups is 2. The zero-order valence-electron chi connectivity index (χ0n) is 24.9.